The van der Waals surface area contributed by atoms with Gasteiger partial charge in [-0.25, -0.2) is 4.98 Å². The number of hydrogen-bond acceptors (Lipinski definition) is 9. The third-order valence-corrected chi connectivity index (χ3v) is 14.7. The van der Waals surface area contributed by atoms with E-state index in [9.17, 15) is 24.3 Å². The number of aliphatic hydroxyl groups excluding tert-OH is 1. The quantitative estimate of drug-likeness (QED) is 0.124. The number of amides is 3. The van der Waals surface area contributed by atoms with E-state index in [2.05, 4.69) is 62.1 Å². The molecule has 3 aliphatic rings. The Morgan fingerprint density at radius 3 is 2.44 bits per heavy atom. The molecule has 0 bridgehead atoms. The van der Waals surface area contributed by atoms with Crippen molar-refractivity contribution < 1.29 is 19.5 Å². The van der Waals surface area contributed by atoms with Crippen LogP contribution < -0.4 is 16.2 Å². The van der Waals surface area contributed by atoms with Gasteiger partial charge in [0.15, 0.2) is 0 Å². The largest absolute Gasteiger partial charge is 0.391 e. The second-order valence-electron chi connectivity index (χ2n) is 19.2. The number of halogens is 1. The monoisotopic (exact) mass is 891 g/mol. The molecule has 0 unspecified atom stereocenters. The van der Waals surface area contributed by atoms with Gasteiger partial charge in [0.1, 0.15) is 17.9 Å². The lowest BCUT2D eigenvalue weighted by molar-refractivity contribution is -0.144. The van der Waals surface area contributed by atoms with Gasteiger partial charge in [0.25, 0.3) is 5.56 Å². The molecule has 2 fully saturated rings. The van der Waals surface area contributed by atoms with Crippen molar-refractivity contribution in [2.75, 3.05) is 26.2 Å². The molecule has 3 aliphatic heterocycles. The Hall–Kier alpha value is -4.95. The van der Waals surface area contributed by atoms with Crippen LogP contribution >= 0.6 is 22.9 Å². The SMILES string of the molecule is Cc1ncsc1-c1ccc([C@H](C)NC(=O)[C@@H]2C[C@@H](O)CN2C(=O)[C@@H](NC(=O)CCCN2CCC(c3ccc4c(c3)-n3c(nc(=O)c5c(Cl)cccc53)C4(C)C)CC2)C(C)(C)C)cc1. The smallest absolute Gasteiger partial charge is 0.282 e. The maximum absolute atomic E-state index is 14.2. The number of nitrogens with zero attached hydrogens (tertiary/aromatic N) is 5. The lowest BCUT2D eigenvalue weighted by atomic mass is 9.83. The van der Waals surface area contributed by atoms with E-state index in [0.717, 1.165) is 76.8 Å². The summed E-state index contributed by atoms with van der Waals surface area (Å²) < 4.78 is 2.11. The summed E-state index contributed by atoms with van der Waals surface area (Å²) in [6.07, 6.45) is 2.14. The summed E-state index contributed by atoms with van der Waals surface area (Å²) >= 11 is 8.09. The minimum atomic E-state index is -0.877. The van der Waals surface area contributed by atoms with Gasteiger partial charge in [-0.1, -0.05) is 74.8 Å². The van der Waals surface area contributed by atoms with Crippen molar-refractivity contribution in [1.29, 1.82) is 0 Å². The molecule has 14 heteroatoms. The first-order valence-corrected chi connectivity index (χ1v) is 23.4. The van der Waals surface area contributed by atoms with Crippen molar-refractivity contribution in [3.8, 4) is 16.1 Å². The van der Waals surface area contributed by atoms with Gasteiger partial charge in [0, 0.05) is 19.4 Å². The van der Waals surface area contributed by atoms with E-state index in [4.69, 9.17) is 11.6 Å². The van der Waals surface area contributed by atoms with E-state index in [0.29, 0.717) is 22.7 Å². The summed E-state index contributed by atoms with van der Waals surface area (Å²) in [5, 5.41) is 17.6. The summed E-state index contributed by atoms with van der Waals surface area (Å²) in [6, 6.07) is 18.2. The highest BCUT2D eigenvalue weighted by atomic mass is 35.5. The summed E-state index contributed by atoms with van der Waals surface area (Å²) in [6.45, 7) is 16.4. The van der Waals surface area contributed by atoms with Crippen molar-refractivity contribution in [2.24, 2.45) is 5.41 Å². The molecule has 4 atom stereocenters. The number of carbonyl (C=O) groups is 3. The number of hydrogen-bond donors (Lipinski definition) is 3. The Kier molecular flexibility index (Phi) is 12.4. The first kappa shape index (κ1) is 44.6. The number of likely N-dealkylation sites (tertiary alicyclic amines) is 2. The van der Waals surface area contributed by atoms with E-state index in [-0.39, 0.29) is 48.7 Å². The highest BCUT2D eigenvalue weighted by Crippen LogP contribution is 2.45. The van der Waals surface area contributed by atoms with Gasteiger partial charge in [0.05, 0.1) is 55.3 Å². The molecule has 63 heavy (non-hydrogen) atoms. The molecule has 3 amide bonds. The van der Waals surface area contributed by atoms with Gasteiger partial charge < -0.3 is 25.5 Å². The zero-order chi connectivity index (χ0) is 45.0. The zero-order valence-corrected chi connectivity index (χ0v) is 38.8. The summed E-state index contributed by atoms with van der Waals surface area (Å²) in [5.41, 5.74) is 7.60. The lowest BCUT2D eigenvalue weighted by Gasteiger charge is -2.35. The Morgan fingerprint density at radius 2 is 1.76 bits per heavy atom. The van der Waals surface area contributed by atoms with Crippen LogP contribution in [0, 0.1) is 12.3 Å². The molecule has 8 rings (SSSR count). The van der Waals surface area contributed by atoms with E-state index in [1.54, 1.807) is 17.4 Å². The topological polar surface area (TPSA) is 150 Å². The lowest BCUT2D eigenvalue weighted by Crippen LogP contribution is -2.57. The Balaban J connectivity index is 0.847. The van der Waals surface area contributed by atoms with Crippen LogP contribution in [0.3, 0.4) is 0 Å². The van der Waals surface area contributed by atoms with Crippen LogP contribution in [0.15, 0.2) is 71.0 Å². The van der Waals surface area contributed by atoms with Crippen LogP contribution in [0.2, 0.25) is 5.02 Å². The molecule has 0 radical (unpaired) electrons. The predicted octanol–water partition coefficient (Wildman–Crippen LogP) is 7.44. The minimum Gasteiger partial charge on any atom is -0.391 e. The van der Waals surface area contributed by atoms with Gasteiger partial charge in [-0.05, 0) is 118 Å². The van der Waals surface area contributed by atoms with Crippen LogP contribution in [-0.2, 0) is 19.8 Å². The average molecular weight is 893 g/mol. The van der Waals surface area contributed by atoms with E-state index in [1.807, 2.05) is 76.5 Å². The number of rotatable bonds is 11. The average Bonchev–Trinajstić information content (AvgIpc) is 3.92. The summed E-state index contributed by atoms with van der Waals surface area (Å²) in [4.78, 5) is 68.3. The number of benzene rings is 3. The number of nitrogens with one attached hydrogen (secondary N) is 2. The Bertz CT molecular complexity index is 2610. The Morgan fingerprint density at radius 1 is 1.03 bits per heavy atom. The van der Waals surface area contributed by atoms with Gasteiger partial charge >= 0.3 is 0 Å². The Labute approximate surface area is 378 Å². The number of aryl methyl sites for hydroxylation is 1. The fourth-order valence-corrected chi connectivity index (χ4v) is 10.8. The predicted molar refractivity (Wildman–Crippen MR) is 248 cm³/mol. The van der Waals surface area contributed by atoms with E-state index >= 15 is 0 Å². The standard InChI is InChI=1S/C49H58ClN7O5S/c1-28(30-13-15-32(16-14-30)42-29(2)51-27-63-42)52-44(60)39-25-34(58)26-56(39)46(62)43(48(3,4)5)53-40(59)12-9-21-55-22-19-31(20-23-55)33-17-18-35-38(24-33)57-37-11-8-10-36(50)41(37)45(61)54-47(57)49(35,6)7/h8,10-11,13-18,24,27-28,31,34,39,43,58H,9,12,19-23,25-26H2,1-7H3,(H,52,60)(H,53,59)/t28-,34+,39-,43+/m0/s1. The first-order chi connectivity index (χ1) is 29.9. The van der Waals surface area contributed by atoms with Gasteiger partial charge in [0.2, 0.25) is 17.7 Å². The number of thiazole rings is 1. The maximum Gasteiger partial charge on any atom is 0.282 e. The summed E-state index contributed by atoms with van der Waals surface area (Å²) in [5.74, 6) is 0.172. The van der Waals surface area contributed by atoms with Crippen LogP contribution in [0.1, 0.15) is 114 Å². The number of aliphatic hydroxyl groups is 1. The van der Waals surface area contributed by atoms with E-state index in [1.165, 1.54) is 10.5 Å². The van der Waals surface area contributed by atoms with Crippen molar-refractivity contribution in [3.05, 3.63) is 110 Å². The number of aromatic nitrogens is 3. The second-order valence-corrected chi connectivity index (χ2v) is 20.5. The molecule has 2 aromatic heterocycles. The third-order valence-electron chi connectivity index (χ3n) is 13.4. The summed E-state index contributed by atoms with van der Waals surface area (Å²) in [7, 11) is 0. The molecule has 0 spiro atoms. The molecular weight excluding hydrogens is 834 g/mol. The van der Waals surface area contributed by atoms with Crippen molar-refractivity contribution in [3.63, 3.8) is 0 Å². The molecule has 0 saturated carbocycles. The maximum atomic E-state index is 14.2. The van der Waals surface area contributed by atoms with Crippen molar-refractivity contribution in [2.45, 2.75) is 116 Å². The molecule has 5 heterocycles. The van der Waals surface area contributed by atoms with Crippen molar-refractivity contribution in [1.82, 2.24) is 35.0 Å². The van der Waals surface area contributed by atoms with Gasteiger partial charge in [-0.2, -0.15) is 4.98 Å². The first-order valence-electron chi connectivity index (χ1n) is 22.1. The van der Waals surface area contributed by atoms with Crippen LogP contribution in [0.5, 0.6) is 0 Å². The number of carbonyl (C=O) groups excluding carboxylic acids is 3. The fourth-order valence-electron chi connectivity index (χ4n) is 9.73. The van der Waals surface area contributed by atoms with E-state index < -0.39 is 29.0 Å². The molecule has 0 aliphatic carbocycles. The third kappa shape index (κ3) is 8.81. The molecule has 5 aromatic rings. The molecule has 2 saturated heterocycles. The molecule has 3 N–H and O–H groups in total. The molecule has 3 aromatic carbocycles. The van der Waals surface area contributed by atoms with Crippen LogP contribution in [0.4, 0.5) is 0 Å². The second kappa shape index (κ2) is 17.6. The van der Waals surface area contributed by atoms with Gasteiger partial charge in [-0.3, -0.25) is 23.7 Å². The number of piperidine rings is 1. The van der Waals surface area contributed by atoms with Crippen molar-refractivity contribution >= 4 is 51.6 Å². The number of β-amino-alcohol motifs (C(OH)–C–C–N with tert-alkyl or cyclic N) is 1. The molecule has 12 nitrogen and oxygen atoms in total. The molecule has 332 valence electrons. The zero-order valence-electron chi connectivity index (χ0n) is 37.2. The minimum absolute atomic E-state index is 0.0213. The van der Waals surface area contributed by atoms with Crippen LogP contribution in [-0.4, -0.2) is 91.5 Å². The van der Waals surface area contributed by atoms with Crippen LogP contribution in [0.25, 0.3) is 27.0 Å². The fraction of sp³-hybridized carbons (Fsp3) is 0.469. The molecular formula is C49H58ClN7O5S. The highest BCUT2D eigenvalue weighted by molar-refractivity contribution is 7.13. The van der Waals surface area contributed by atoms with Gasteiger partial charge in [-0.15, -0.1) is 11.3 Å². The number of fused-ring (bicyclic) bond motifs is 5. The normalized spacial score (nSPS) is 19.7. The highest BCUT2D eigenvalue weighted by Gasteiger charge is 2.45.